The second-order valence-corrected chi connectivity index (χ2v) is 8.34. The molecule has 2 saturated heterocycles. The molecule has 3 rings (SSSR count). The van der Waals surface area contributed by atoms with Crippen molar-refractivity contribution in [2.24, 2.45) is 0 Å². The van der Waals surface area contributed by atoms with Crippen molar-refractivity contribution in [2.75, 3.05) is 42.6 Å². The van der Waals surface area contributed by atoms with Crippen molar-refractivity contribution >= 4 is 28.0 Å². The Bertz CT molecular complexity index is 711. The highest BCUT2D eigenvalue weighted by atomic mass is 32.2. The summed E-state index contributed by atoms with van der Waals surface area (Å²) in [4.78, 5) is 31.0. The Morgan fingerprint density at radius 3 is 2.54 bits per heavy atom. The summed E-state index contributed by atoms with van der Waals surface area (Å²) in [5, 5.41) is 2.75. The fourth-order valence-corrected chi connectivity index (χ4v) is 4.61. The molecule has 1 atom stereocenters. The Morgan fingerprint density at radius 1 is 1.25 bits per heavy atom. The number of amides is 2. The fraction of sp³-hybridized carbons (Fsp3) is 0.533. The summed E-state index contributed by atoms with van der Waals surface area (Å²) < 4.78 is 22.9. The first-order chi connectivity index (χ1) is 11.5. The summed E-state index contributed by atoms with van der Waals surface area (Å²) in [6.07, 6.45) is 2.81. The van der Waals surface area contributed by atoms with Crippen LogP contribution >= 0.6 is 0 Å². The van der Waals surface area contributed by atoms with Gasteiger partial charge < -0.3 is 15.1 Å². The van der Waals surface area contributed by atoms with Crippen LogP contribution in [0.1, 0.15) is 16.8 Å². The van der Waals surface area contributed by atoms with Crippen molar-refractivity contribution in [1.29, 1.82) is 0 Å². The summed E-state index contributed by atoms with van der Waals surface area (Å²) >= 11 is 0. The molecule has 2 amide bonds. The van der Waals surface area contributed by atoms with Gasteiger partial charge in [0.15, 0.2) is 9.84 Å². The lowest BCUT2D eigenvalue weighted by atomic mass is 10.2. The van der Waals surface area contributed by atoms with Gasteiger partial charge in [-0.15, -0.1) is 0 Å². The van der Waals surface area contributed by atoms with Gasteiger partial charge in [-0.3, -0.25) is 9.59 Å². The van der Waals surface area contributed by atoms with E-state index >= 15 is 0 Å². The van der Waals surface area contributed by atoms with Crippen molar-refractivity contribution in [3.63, 3.8) is 0 Å². The first kappa shape index (κ1) is 16.7. The maximum absolute atomic E-state index is 12.2. The molecule has 1 unspecified atom stereocenters. The third-order valence-corrected chi connectivity index (χ3v) is 6.13. The minimum atomic E-state index is -3.02. The molecule has 1 aromatic heterocycles. The number of aromatic nitrogens is 1. The lowest BCUT2D eigenvalue weighted by Crippen LogP contribution is -2.46. The Kier molecular flexibility index (Phi) is 4.70. The molecule has 3 heterocycles. The van der Waals surface area contributed by atoms with Gasteiger partial charge in [-0.1, -0.05) is 0 Å². The van der Waals surface area contributed by atoms with Gasteiger partial charge in [0.05, 0.1) is 17.1 Å². The van der Waals surface area contributed by atoms with E-state index in [1.54, 1.807) is 17.0 Å². The Labute approximate surface area is 140 Å². The Hall–Kier alpha value is -2.16. The SMILES string of the molecule is O=CN1CCN(c2ccc(C(=O)NC3CCS(=O)(=O)C3)cn2)CC1. The van der Waals surface area contributed by atoms with E-state index in [2.05, 4.69) is 15.2 Å². The summed E-state index contributed by atoms with van der Waals surface area (Å²) in [5.74, 6) is 0.593. The second-order valence-electron chi connectivity index (χ2n) is 6.11. The van der Waals surface area contributed by atoms with Crippen molar-refractivity contribution < 1.29 is 18.0 Å². The maximum atomic E-state index is 12.2. The molecule has 2 aliphatic rings. The van der Waals surface area contributed by atoms with Gasteiger partial charge in [-0.05, 0) is 18.6 Å². The van der Waals surface area contributed by atoms with Crippen molar-refractivity contribution in [1.82, 2.24) is 15.2 Å². The lowest BCUT2D eigenvalue weighted by Gasteiger charge is -2.33. The first-order valence-electron chi connectivity index (χ1n) is 7.88. The predicted molar refractivity (Wildman–Crippen MR) is 88.6 cm³/mol. The molecule has 8 nitrogen and oxygen atoms in total. The van der Waals surface area contributed by atoms with Gasteiger partial charge in [0, 0.05) is 38.4 Å². The van der Waals surface area contributed by atoms with Crippen LogP contribution in [0.4, 0.5) is 5.82 Å². The summed E-state index contributed by atoms with van der Waals surface area (Å²) in [5.41, 5.74) is 0.412. The number of anilines is 1. The number of hydrogen-bond donors (Lipinski definition) is 1. The largest absolute Gasteiger partial charge is 0.353 e. The minimum absolute atomic E-state index is 0.00522. The van der Waals surface area contributed by atoms with Crippen molar-refractivity contribution in [3.05, 3.63) is 23.9 Å². The molecule has 9 heteroatoms. The number of carbonyl (C=O) groups is 2. The van der Waals surface area contributed by atoms with E-state index in [0.29, 0.717) is 38.2 Å². The number of carbonyl (C=O) groups excluding carboxylic acids is 2. The number of nitrogens with zero attached hydrogens (tertiary/aromatic N) is 3. The van der Waals surface area contributed by atoms with E-state index in [4.69, 9.17) is 0 Å². The molecule has 0 bridgehead atoms. The molecular weight excluding hydrogens is 332 g/mol. The highest BCUT2D eigenvalue weighted by molar-refractivity contribution is 7.91. The third kappa shape index (κ3) is 3.84. The first-order valence-corrected chi connectivity index (χ1v) is 9.70. The topological polar surface area (TPSA) is 99.7 Å². The number of pyridine rings is 1. The van der Waals surface area contributed by atoms with Crippen molar-refractivity contribution in [3.8, 4) is 0 Å². The van der Waals surface area contributed by atoms with Crippen LogP contribution in [-0.4, -0.2) is 74.3 Å². The van der Waals surface area contributed by atoms with E-state index in [1.165, 1.54) is 6.20 Å². The van der Waals surface area contributed by atoms with Crippen molar-refractivity contribution in [2.45, 2.75) is 12.5 Å². The average Bonchev–Trinajstić information content (AvgIpc) is 2.93. The smallest absolute Gasteiger partial charge is 0.253 e. The number of nitrogens with one attached hydrogen (secondary N) is 1. The third-order valence-electron chi connectivity index (χ3n) is 4.37. The molecule has 0 aromatic carbocycles. The van der Waals surface area contributed by atoms with Gasteiger partial charge in [-0.2, -0.15) is 0 Å². The summed E-state index contributed by atoms with van der Waals surface area (Å²) in [7, 11) is -3.02. The van der Waals surface area contributed by atoms with E-state index in [-0.39, 0.29) is 23.5 Å². The molecule has 1 aromatic rings. The molecule has 0 aliphatic carbocycles. The van der Waals surface area contributed by atoms with Crippen LogP contribution in [0, 0.1) is 0 Å². The lowest BCUT2D eigenvalue weighted by molar-refractivity contribution is -0.118. The molecule has 2 aliphatic heterocycles. The number of sulfone groups is 1. The molecule has 24 heavy (non-hydrogen) atoms. The number of rotatable bonds is 4. The Balaban J connectivity index is 1.58. The molecule has 0 radical (unpaired) electrons. The zero-order chi connectivity index (χ0) is 17.2. The van der Waals surface area contributed by atoms with Crippen LogP contribution in [0.5, 0.6) is 0 Å². The van der Waals surface area contributed by atoms with Crippen LogP contribution in [0.2, 0.25) is 0 Å². The monoisotopic (exact) mass is 352 g/mol. The van der Waals surface area contributed by atoms with Gasteiger partial charge >= 0.3 is 0 Å². The molecule has 130 valence electrons. The van der Waals surface area contributed by atoms with E-state index < -0.39 is 9.84 Å². The number of hydrogen-bond acceptors (Lipinski definition) is 6. The summed E-state index contributed by atoms with van der Waals surface area (Å²) in [6.45, 7) is 2.72. The standard InChI is InChI=1S/C15H20N4O4S/c20-11-18-4-6-19(7-5-18)14-2-1-12(9-16-14)15(21)17-13-3-8-24(22,23)10-13/h1-2,9,11,13H,3-8,10H2,(H,17,21). The minimum Gasteiger partial charge on any atom is -0.353 e. The predicted octanol–water partition coefficient (Wildman–Crippen LogP) is -0.723. The van der Waals surface area contributed by atoms with Gasteiger partial charge in [0.2, 0.25) is 6.41 Å². The van der Waals surface area contributed by atoms with Crippen LogP contribution in [0.3, 0.4) is 0 Å². The average molecular weight is 352 g/mol. The molecular formula is C15H20N4O4S. The van der Waals surface area contributed by atoms with E-state index in [1.807, 2.05) is 0 Å². The molecule has 2 fully saturated rings. The molecule has 1 N–H and O–H groups in total. The molecule has 0 spiro atoms. The van der Waals surface area contributed by atoms with Crippen LogP contribution < -0.4 is 10.2 Å². The van der Waals surface area contributed by atoms with Gasteiger partial charge in [0.25, 0.3) is 5.91 Å². The second kappa shape index (κ2) is 6.76. The molecule has 0 saturated carbocycles. The Morgan fingerprint density at radius 2 is 2.00 bits per heavy atom. The normalized spacial score (nSPS) is 23.1. The number of piperazine rings is 1. The fourth-order valence-electron chi connectivity index (χ4n) is 2.94. The van der Waals surface area contributed by atoms with E-state index in [0.717, 1.165) is 12.2 Å². The van der Waals surface area contributed by atoms with Crippen LogP contribution in [-0.2, 0) is 14.6 Å². The quantitative estimate of drug-likeness (QED) is 0.718. The highest BCUT2D eigenvalue weighted by Gasteiger charge is 2.29. The van der Waals surface area contributed by atoms with Crippen LogP contribution in [0.25, 0.3) is 0 Å². The summed E-state index contributed by atoms with van der Waals surface area (Å²) in [6, 6.07) is 3.14. The van der Waals surface area contributed by atoms with Gasteiger partial charge in [-0.25, -0.2) is 13.4 Å². The highest BCUT2D eigenvalue weighted by Crippen LogP contribution is 2.15. The zero-order valence-electron chi connectivity index (χ0n) is 13.2. The van der Waals surface area contributed by atoms with E-state index in [9.17, 15) is 18.0 Å². The van der Waals surface area contributed by atoms with Gasteiger partial charge in [0.1, 0.15) is 5.82 Å². The van der Waals surface area contributed by atoms with Crippen LogP contribution in [0.15, 0.2) is 18.3 Å². The maximum Gasteiger partial charge on any atom is 0.253 e. The zero-order valence-corrected chi connectivity index (χ0v) is 14.0.